The number of ether oxygens (including phenoxy) is 2. The number of nitrogens with zero attached hydrogens (tertiary/aromatic N) is 2. The molecule has 0 aromatic heterocycles. The number of allylic oxidation sites excluding steroid dienone is 3. The first-order valence-corrected chi connectivity index (χ1v) is 8.10. The first-order chi connectivity index (χ1) is 10.9. The zero-order valence-corrected chi connectivity index (χ0v) is 14.9. The number of carbonyl (C=O) groups is 1. The van der Waals surface area contributed by atoms with Gasteiger partial charge in [0.15, 0.2) is 0 Å². The van der Waals surface area contributed by atoms with Crippen LogP contribution in [0.1, 0.15) is 20.3 Å². The Balaban J connectivity index is 2.27. The molecule has 0 unspecified atom stereocenters. The molecule has 0 aromatic carbocycles. The van der Waals surface area contributed by atoms with Gasteiger partial charge in [-0.3, -0.25) is 0 Å². The summed E-state index contributed by atoms with van der Waals surface area (Å²) in [7, 11) is 3.51. The number of esters is 1. The molecule has 0 bridgehead atoms. The van der Waals surface area contributed by atoms with Gasteiger partial charge in [0.1, 0.15) is 0 Å². The van der Waals surface area contributed by atoms with E-state index in [2.05, 4.69) is 28.2 Å². The molecule has 1 aliphatic heterocycles. The lowest BCUT2D eigenvalue weighted by Gasteiger charge is -2.32. The van der Waals surface area contributed by atoms with E-state index >= 15 is 0 Å². The molecule has 5 nitrogen and oxygen atoms in total. The van der Waals surface area contributed by atoms with Gasteiger partial charge in [-0.25, -0.2) is 4.79 Å². The van der Waals surface area contributed by atoms with Gasteiger partial charge in [-0.05, 0) is 45.0 Å². The summed E-state index contributed by atoms with van der Waals surface area (Å²) in [6, 6.07) is 0. The van der Waals surface area contributed by atoms with Crippen LogP contribution in [-0.4, -0.2) is 69.3 Å². The summed E-state index contributed by atoms with van der Waals surface area (Å²) in [6.07, 6.45) is 4.62. The monoisotopic (exact) mass is 322 g/mol. The summed E-state index contributed by atoms with van der Waals surface area (Å²) < 4.78 is 10.3. The van der Waals surface area contributed by atoms with Gasteiger partial charge < -0.3 is 19.3 Å². The molecule has 0 atom stereocenters. The van der Waals surface area contributed by atoms with Crippen LogP contribution in [0.3, 0.4) is 0 Å². The molecule has 5 heteroatoms. The van der Waals surface area contributed by atoms with Gasteiger partial charge in [-0.15, -0.1) is 0 Å². The van der Waals surface area contributed by atoms with Crippen molar-refractivity contribution in [2.75, 3.05) is 53.5 Å². The van der Waals surface area contributed by atoms with Crippen LogP contribution in [0.5, 0.6) is 0 Å². The predicted octanol–water partition coefficient (Wildman–Crippen LogP) is 2.22. The maximum absolute atomic E-state index is 11.3. The van der Waals surface area contributed by atoms with E-state index in [4.69, 9.17) is 4.74 Å². The van der Waals surface area contributed by atoms with Crippen molar-refractivity contribution in [3.63, 3.8) is 0 Å². The minimum atomic E-state index is -0.413. The summed E-state index contributed by atoms with van der Waals surface area (Å²) >= 11 is 0. The molecule has 0 amide bonds. The van der Waals surface area contributed by atoms with E-state index in [0.29, 0.717) is 12.2 Å². The summed E-state index contributed by atoms with van der Waals surface area (Å²) in [4.78, 5) is 16.1. The average molecular weight is 322 g/mol. The third kappa shape index (κ3) is 8.00. The Morgan fingerprint density at radius 1 is 1.17 bits per heavy atom. The van der Waals surface area contributed by atoms with Crippen molar-refractivity contribution in [1.82, 2.24) is 9.80 Å². The third-order valence-electron chi connectivity index (χ3n) is 3.82. The van der Waals surface area contributed by atoms with Crippen LogP contribution in [0.4, 0.5) is 0 Å². The Morgan fingerprint density at radius 2 is 1.83 bits per heavy atom. The quantitative estimate of drug-likeness (QED) is 0.225. The molecule has 0 saturated carbocycles. The highest BCUT2D eigenvalue weighted by Crippen LogP contribution is 2.08. The highest BCUT2D eigenvalue weighted by molar-refractivity contribution is 5.90. The Hall–Kier alpha value is -1.59. The number of rotatable bonds is 8. The smallest absolute Gasteiger partial charge is 0.337 e. The zero-order chi connectivity index (χ0) is 17.2. The van der Waals surface area contributed by atoms with Gasteiger partial charge in [-0.2, -0.15) is 0 Å². The summed E-state index contributed by atoms with van der Waals surface area (Å²) in [5.74, 6) is 0.429. The van der Waals surface area contributed by atoms with Crippen LogP contribution in [0, 0.1) is 0 Å². The maximum atomic E-state index is 11.3. The molecule has 0 spiro atoms. The van der Waals surface area contributed by atoms with E-state index in [9.17, 15) is 4.79 Å². The molecular formula is C18H30N2O3. The first kappa shape index (κ1) is 19.5. The number of methoxy groups -OCH3 is 1. The Labute approximate surface area is 140 Å². The van der Waals surface area contributed by atoms with Gasteiger partial charge in [0.2, 0.25) is 0 Å². The van der Waals surface area contributed by atoms with Crippen LogP contribution in [-0.2, 0) is 14.3 Å². The first-order valence-electron chi connectivity index (χ1n) is 8.10. The molecule has 0 N–H and O–H groups in total. The molecule has 1 aliphatic rings. The fourth-order valence-electron chi connectivity index (χ4n) is 2.46. The van der Waals surface area contributed by atoms with Crippen LogP contribution in [0.15, 0.2) is 35.6 Å². The number of piperazine rings is 1. The topological polar surface area (TPSA) is 42.0 Å². The van der Waals surface area contributed by atoms with Crippen molar-refractivity contribution in [2.24, 2.45) is 0 Å². The fourth-order valence-corrected chi connectivity index (χ4v) is 2.46. The molecule has 1 rings (SSSR count). The second-order valence-electron chi connectivity index (χ2n) is 6.01. The second-order valence-corrected chi connectivity index (χ2v) is 6.01. The lowest BCUT2D eigenvalue weighted by molar-refractivity contribution is -0.135. The highest BCUT2D eigenvalue weighted by Gasteiger charge is 2.12. The molecule has 0 aliphatic carbocycles. The molecule has 23 heavy (non-hydrogen) atoms. The summed E-state index contributed by atoms with van der Waals surface area (Å²) in [6.45, 7) is 13.9. The zero-order valence-electron chi connectivity index (χ0n) is 14.9. The number of likely N-dealkylation sites (N-methyl/N-ethyl adjacent to an activating group) is 1. The van der Waals surface area contributed by atoms with Crippen LogP contribution < -0.4 is 0 Å². The summed E-state index contributed by atoms with van der Waals surface area (Å²) in [5, 5.41) is 0. The van der Waals surface area contributed by atoms with Crippen LogP contribution >= 0.6 is 0 Å². The third-order valence-corrected chi connectivity index (χ3v) is 3.82. The van der Waals surface area contributed by atoms with Gasteiger partial charge >= 0.3 is 5.97 Å². The largest absolute Gasteiger partial charge is 0.498 e. The van der Waals surface area contributed by atoms with Crippen LogP contribution in [0.2, 0.25) is 0 Å². The molecule has 0 radical (unpaired) electrons. The van der Waals surface area contributed by atoms with Crippen molar-refractivity contribution >= 4 is 5.97 Å². The molecule has 130 valence electrons. The molecule has 1 saturated heterocycles. The Morgan fingerprint density at radius 3 is 2.43 bits per heavy atom. The van der Waals surface area contributed by atoms with Gasteiger partial charge in [0.05, 0.1) is 25.0 Å². The van der Waals surface area contributed by atoms with Gasteiger partial charge in [-0.1, -0.05) is 6.58 Å². The minimum absolute atomic E-state index is 0.337. The lowest BCUT2D eigenvalue weighted by Crippen LogP contribution is -2.44. The lowest BCUT2D eigenvalue weighted by atomic mass is 10.2. The van der Waals surface area contributed by atoms with Crippen LogP contribution in [0.25, 0.3) is 0 Å². The standard InChI is InChI=1S/C18H30N2O3/c1-15(13-16(2)18(21)22-5)14-17(3)23-12-6-7-20-10-8-19(4)9-11-20/h13-14H,2,6-12H2,1,3-5H3/b15-13-,17-14+. The van der Waals surface area contributed by atoms with E-state index in [1.54, 1.807) is 6.08 Å². The van der Waals surface area contributed by atoms with E-state index < -0.39 is 5.97 Å². The van der Waals surface area contributed by atoms with E-state index in [0.717, 1.165) is 50.5 Å². The van der Waals surface area contributed by atoms with E-state index in [1.165, 1.54) is 7.11 Å². The SMILES string of the molecule is C=C(/C=C(C)\C=C(/C)OCCCN1CCN(C)CC1)C(=O)OC. The van der Waals surface area contributed by atoms with Crippen molar-refractivity contribution < 1.29 is 14.3 Å². The maximum Gasteiger partial charge on any atom is 0.337 e. The van der Waals surface area contributed by atoms with Crippen molar-refractivity contribution in [3.8, 4) is 0 Å². The van der Waals surface area contributed by atoms with Crippen molar-refractivity contribution in [3.05, 3.63) is 35.6 Å². The predicted molar refractivity (Wildman–Crippen MR) is 93.2 cm³/mol. The van der Waals surface area contributed by atoms with Gasteiger partial charge in [0, 0.05) is 32.7 Å². The number of hydrogen-bond donors (Lipinski definition) is 0. The fraction of sp³-hybridized carbons (Fsp3) is 0.611. The minimum Gasteiger partial charge on any atom is -0.498 e. The average Bonchev–Trinajstić information content (AvgIpc) is 2.52. The summed E-state index contributed by atoms with van der Waals surface area (Å²) in [5.41, 5.74) is 1.25. The molecule has 1 fully saturated rings. The molecule has 0 aromatic rings. The molecular weight excluding hydrogens is 292 g/mol. The second kappa shape index (κ2) is 10.2. The van der Waals surface area contributed by atoms with Crippen molar-refractivity contribution in [2.45, 2.75) is 20.3 Å². The van der Waals surface area contributed by atoms with E-state index in [1.807, 2.05) is 19.9 Å². The highest BCUT2D eigenvalue weighted by atomic mass is 16.5. The molecule has 1 heterocycles. The number of hydrogen-bond acceptors (Lipinski definition) is 5. The van der Waals surface area contributed by atoms with Crippen molar-refractivity contribution in [1.29, 1.82) is 0 Å². The van der Waals surface area contributed by atoms with Gasteiger partial charge in [0.25, 0.3) is 0 Å². The number of carbonyl (C=O) groups excluding carboxylic acids is 1. The Bertz CT molecular complexity index is 461. The Kier molecular flexibility index (Phi) is 8.66. The van der Waals surface area contributed by atoms with E-state index in [-0.39, 0.29) is 0 Å². The normalized spacial score (nSPS) is 17.9.